The van der Waals surface area contributed by atoms with Gasteiger partial charge in [0.25, 0.3) is 0 Å². The number of guanidine groups is 1. The van der Waals surface area contributed by atoms with Gasteiger partial charge in [0.1, 0.15) is 11.5 Å². The Bertz CT molecular complexity index is 785. The Hall–Kier alpha value is -2.69. The largest absolute Gasteiger partial charge is 0.497 e. The fraction of sp³-hybridized carbons (Fsp3) is 0.409. The van der Waals surface area contributed by atoms with Crippen molar-refractivity contribution in [3.05, 3.63) is 59.7 Å². The van der Waals surface area contributed by atoms with E-state index in [-0.39, 0.29) is 5.41 Å². The Morgan fingerprint density at radius 2 is 1.85 bits per heavy atom. The van der Waals surface area contributed by atoms with Crippen LogP contribution in [-0.2, 0) is 12.0 Å². The van der Waals surface area contributed by atoms with Gasteiger partial charge in [-0.05, 0) is 43.5 Å². The molecular formula is C22H29N3O2. The molecule has 1 aliphatic carbocycles. The summed E-state index contributed by atoms with van der Waals surface area (Å²) in [5, 5.41) is 6.86. The fourth-order valence-electron chi connectivity index (χ4n) is 3.31. The molecule has 5 heteroatoms. The van der Waals surface area contributed by atoms with Gasteiger partial charge in [-0.3, -0.25) is 0 Å². The van der Waals surface area contributed by atoms with E-state index in [9.17, 15) is 0 Å². The zero-order valence-corrected chi connectivity index (χ0v) is 16.4. The highest BCUT2D eigenvalue weighted by Gasteiger charge is 2.46. The fourth-order valence-corrected chi connectivity index (χ4v) is 3.31. The zero-order valence-electron chi connectivity index (χ0n) is 16.4. The van der Waals surface area contributed by atoms with Gasteiger partial charge in [-0.25, -0.2) is 4.99 Å². The number of methoxy groups -OCH3 is 2. The summed E-state index contributed by atoms with van der Waals surface area (Å²) in [4.78, 5) is 4.73. The molecule has 0 aliphatic heterocycles. The van der Waals surface area contributed by atoms with Gasteiger partial charge in [0.05, 0.1) is 20.8 Å². The van der Waals surface area contributed by atoms with Crippen LogP contribution in [-0.4, -0.2) is 33.3 Å². The summed E-state index contributed by atoms with van der Waals surface area (Å²) in [5.74, 6) is 2.66. The van der Waals surface area contributed by atoms with E-state index in [0.29, 0.717) is 6.54 Å². The maximum absolute atomic E-state index is 5.57. The molecule has 2 N–H and O–H groups in total. The van der Waals surface area contributed by atoms with E-state index >= 15 is 0 Å². The van der Waals surface area contributed by atoms with E-state index in [1.54, 1.807) is 14.2 Å². The molecule has 1 aliphatic rings. The molecule has 0 atom stereocenters. The van der Waals surface area contributed by atoms with Crippen molar-refractivity contribution < 1.29 is 9.47 Å². The number of hydrogen-bond donors (Lipinski definition) is 2. The Kier molecular flexibility index (Phi) is 6.22. The number of ether oxygens (including phenoxy) is 2. The van der Waals surface area contributed by atoms with Crippen LogP contribution in [0.1, 0.15) is 30.9 Å². The standard InChI is InChI=1S/C22H29N3O2/c1-4-23-21(24-15-17-8-7-9-18(14-17)26-2)25-16-22(12-13-22)19-10-5-6-11-20(19)27-3/h5-11,14H,4,12-13,15-16H2,1-3H3,(H2,23,24,25). The molecule has 0 saturated heterocycles. The van der Waals surface area contributed by atoms with E-state index in [2.05, 4.69) is 35.8 Å². The molecule has 0 spiro atoms. The van der Waals surface area contributed by atoms with Crippen LogP contribution in [0.2, 0.25) is 0 Å². The SMILES string of the molecule is CCNC(=NCc1cccc(OC)c1)NCC1(c2ccccc2OC)CC1. The third-order valence-electron chi connectivity index (χ3n) is 5.02. The monoisotopic (exact) mass is 367 g/mol. The molecule has 27 heavy (non-hydrogen) atoms. The van der Waals surface area contributed by atoms with Crippen molar-refractivity contribution in [1.82, 2.24) is 10.6 Å². The van der Waals surface area contributed by atoms with Crippen LogP contribution in [0.4, 0.5) is 0 Å². The topological polar surface area (TPSA) is 54.9 Å². The molecule has 0 heterocycles. The Morgan fingerprint density at radius 1 is 1.04 bits per heavy atom. The second kappa shape index (κ2) is 8.80. The third-order valence-corrected chi connectivity index (χ3v) is 5.02. The quantitative estimate of drug-likeness (QED) is 0.554. The van der Waals surface area contributed by atoms with Gasteiger partial charge in [-0.15, -0.1) is 0 Å². The summed E-state index contributed by atoms with van der Waals surface area (Å²) in [5.41, 5.74) is 2.54. The number of benzene rings is 2. The predicted molar refractivity (Wildman–Crippen MR) is 110 cm³/mol. The first kappa shape index (κ1) is 19.1. The second-order valence-corrected chi connectivity index (χ2v) is 6.88. The molecular weight excluding hydrogens is 338 g/mol. The Morgan fingerprint density at radius 3 is 2.56 bits per heavy atom. The summed E-state index contributed by atoms with van der Waals surface area (Å²) < 4.78 is 10.9. The lowest BCUT2D eigenvalue weighted by atomic mass is 9.95. The number of para-hydroxylation sites is 1. The highest BCUT2D eigenvalue weighted by molar-refractivity contribution is 5.80. The molecule has 2 aromatic carbocycles. The van der Waals surface area contributed by atoms with E-state index in [1.165, 1.54) is 5.56 Å². The summed E-state index contributed by atoms with van der Waals surface area (Å²) in [6.45, 7) is 4.35. The highest BCUT2D eigenvalue weighted by atomic mass is 16.5. The highest BCUT2D eigenvalue weighted by Crippen LogP contribution is 2.50. The molecule has 0 bridgehead atoms. The van der Waals surface area contributed by atoms with Gasteiger partial charge in [0.15, 0.2) is 5.96 Å². The Balaban J connectivity index is 1.67. The van der Waals surface area contributed by atoms with Crippen molar-refractivity contribution in [3.63, 3.8) is 0 Å². The van der Waals surface area contributed by atoms with Gasteiger partial charge in [0.2, 0.25) is 0 Å². The van der Waals surface area contributed by atoms with Crippen LogP contribution in [0.5, 0.6) is 11.5 Å². The van der Waals surface area contributed by atoms with E-state index in [0.717, 1.165) is 49.0 Å². The molecule has 144 valence electrons. The number of rotatable bonds is 8. The third kappa shape index (κ3) is 4.73. The van der Waals surface area contributed by atoms with Crippen molar-refractivity contribution in [1.29, 1.82) is 0 Å². The lowest BCUT2D eigenvalue weighted by Crippen LogP contribution is -2.41. The van der Waals surface area contributed by atoms with Crippen molar-refractivity contribution >= 4 is 5.96 Å². The van der Waals surface area contributed by atoms with Crippen LogP contribution in [0.15, 0.2) is 53.5 Å². The van der Waals surface area contributed by atoms with Crippen molar-refractivity contribution in [3.8, 4) is 11.5 Å². The summed E-state index contributed by atoms with van der Waals surface area (Å²) in [6.07, 6.45) is 2.32. The number of aliphatic imine (C=N–C) groups is 1. The van der Waals surface area contributed by atoms with Crippen LogP contribution >= 0.6 is 0 Å². The van der Waals surface area contributed by atoms with E-state index < -0.39 is 0 Å². The number of nitrogens with zero attached hydrogens (tertiary/aromatic N) is 1. The maximum atomic E-state index is 5.57. The first-order chi connectivity index (χ1) is 13.2. The summed E-state index contributed by atoms with van der Waals surface area (Å²) in [6, 6.07) is 16.3. The van der Waals surface area contributed by atoms with Gasteiger partial charge in [0, 0.05) is 24.1 Å². The van der Waals surface area contributed by atoms with Crippen molar-refractivity contribution in [2.75, 3.05) is 27.3 Å². The zero-order chi connectivity index (χ0) is 19.1. The molecule has 1 saturated carbocycles. The lowest BCUT2D eigenvalue weighted by molar-refractivity contribution is 0.403. The molecule has 0 amide bonds. The number of hydrogen-bond acceptors (Lipinski definition) is 3. The lowest BCUT2D eigenvalue weighted by Gasteiger charge is -2.21. The molecule has 0 radical (unpaired) electrons. The van der Waals surface area contributed by atoms with Crippen molar-refractivity contribution in [2.45, 2.75) is 31.7 Å². The first-order valence-electron chi connectivity index (χ1n) is 9.49. The second-order valence-electron chi connectivity index (χ2n) is 6.88. The number of nitrogens with one attached hydrogen (secondary N) is 2. The van der Waals surface area contributed by atoms with Crippen LogP contribution in [0, 0.1) is 0 Å². The Labute approximate surface area is 161 Å². The smallest absolute Gasteiger partial charge is 0.191 e. The van der Waals surface area contributed by atoms with Gasteiger partial charge in [-0.2, -0.15) is 0 Å². The molecule has 2 aromatic rings. The van der Waals surface area contributed by atoms with E-state index in [4.69, 9.17) is 14.5 Å². The predicted octanol–water partition coefficient (Wildman–Crippen LogP) is 3.49. The molecule has 0 aromatic heterocycles. The maximum Gasteiger partial charge on any atom is 0.191 e. The normalized spacial score (nSPS) is 15.1. The minimum Gasteiger partial charge on any atom is -0.497 e. The van der Waals surface area contributed by atoms with Crippen molar-refractivity contribution in [2.24, 2.45) is 4.99 Å². The molecule has 0 unspecified atom stereocenters. The molecule has 1 fully saturated rings. The first-order valence-corrected chi connectivity index (χ1v) is 9.49. The minimum atomic E-state index is 0.138. The molecule has 5 nitrogen and oxygen atoms in total. The van der Waals surface area contributed by atoms with Gasteiger partial charge in [-0.1, -0.05) is 30.3 Å². The average molecular weight is 367 g/mol. The van der Waals surface area contributed by atoms with Crippen LogP contribution < -0.4 is 20.1 Å². The minimum absolute atomic E-state index is 0.138. The van der Waals surface area contributed by atoms with Crippen LogP contribution in [0.3, 0.4) is 0 Å². The summed E-state index contributed by atoms with van der Waals surface area (Å²) >= 11 is 0. The van der Waals surface area contributed by atoms with Crippen LogP contribution in [0.25, 0.3) is 0 Å². The average Bonchev–Trinajstić information content (AvgIpc) is 3.51. The van der Waals surface area contributed by atoms with Gasteiger partial charge >= 0.3 is 0 Å². The van der Waals surface area contributed by atoms with E-state index in [1.807, 2.05) is 30.3 Å². The van der Waals surface area contributed by atoms with Gasteiger partial charge < -0.3 is 20.1 Å². The summed E-state index contributed by atoms with van der Waals surface area (Å²) in [7, 11) is 3.42. The molecule has 3 rings (SSSR count).